The predicted octanol–water partition coefficient (Wildman–Crippen LogP) is 3.39. The highest BCUT2D eigenvalue weighted by molar-refractivity contribution is 6.03. The number of aromatic carboxylic acids is 2. The van der Waals surface area contributed by atoms with Gasteiger partial charge in [-0.3, -0.25) is 0 Å². The molecule has 0 amide bonds. The number of hydrogen-bond acceptors (Lipinski definition) is 2. The maximum absolute atomic E-state index is 11.0. The van der Waals surface area contributed by atoms with Gasteiger partial charge in [-0.2, -0.15) is 0 Å². The lowest BCUT2D eigenvalue weighted by Crippen LogP contribution is -1.96. The van der Waals surface area contributed by atoms with Gasteiger partial charge in [0.05, 0.1) is 11.1 Å². The molecular weight excluding hydrogens is 256 g/mol. The second-order valence-electron chi connectivity index (χ2n) is 4.59. The number of rotatable bonds is 2. The monoisotopic (exact) mass is 266 g/mol. The van der Waals surface area contributed by atoms with Crippen LogP contribution in [0, 0.1) is 0 Å². The summed E-state index contributed by atoms with van der Waals surface area (Å²) in [5, 5.41) is 21.4. The fourth-order valence-corrected chi connectivity index (χ4v) is 2.26. The van der Waals surface area contributed by atoms with Crippen LogP contribution in [0.4, 0.5) is 0 Å². The second-order valence-corrected chi connectivity index (χ2v) is 4.59. The number of carboxylic acid groups (broad SMARTS) is 2. The van der Waals surface area contributed by atoms with E-state index in [1.807, 2.05) is 12.1 Å². The molecule has 0 aromatic heterocycles. The molecule has 98 valence electrons. The zero-order valence-electron chi connectivity index (χ0n) is 10.3. The maximum atomic E-state index is 11.0. The molecule has 3 rings (SSSR count). The van der Waals surface area contributed by atoms with Crippen molar-refractivity contribution in [3.8, 4) is 0 Å². The van der Waals surface area contributed by atoms with Crippen molar-refractivity contribution in [3.05, 3.63) is 59.7 Å². The zero-order chi connectivity index (χ0) is 14.3. The fraction of sp³-hybridized carbons (Fsp3) is 0. The van der Waals surface area contributed by atoms with E-state index in [1.54, 1.807) is 36.4 Å². The van der Waals surface area contributed by atoms with E-state index in [9.17, 15) is 9.59 Å². The van der Waals surface area contributed by atoms with Crippen LogP contribution in [0.2, 0.25) is 0 Å². The smallest absolute Gasteiger partial charge is 0.335 e. The van der Waals surface area contributed by atoms with Crippen molar-refractivity contribution in [1.82, 2.24) is 0 Å². The summed E-state index contributed by atoms with van der Waals surface area (Å²) in [6.45, 7) is 0. The molecule has 0 radical (unpaired) electrons. The Kier molecular flexibility index (Phi) is 2.64. The lowest BCUT2D eigenvalue weighted by atomic mass is 10.0. The first kappa shape index (κ1) is 12.2. The van der Waals surface area contributed by atoms with E-state index < -0.39 is 11.9 Å². The highest BCUT2D eigenvalue weighted by Crippen LogP contribution is 2.25. The zero-order valence-corrected chi connectivity index (χ0v) is 10.3. The van der Waals surface area contributed by atoms with Gasteiger partial charge in [0.1, 0.15) is 0 Å². The van der Waals surface area contributed by atoms with Gasteiger partial charge in [0, 0.05) is 0 Å². The SMILES string of the molecule is O=C(O)c1ccc2cc3ccc(C(=O)O)cc3cc2c1. The van der Waals surface area contributed by atoms with E-state index in [0.29, 0.717) is 0 Å². The first-order valence-corrected chi connectivity index (χ1v) is 5.99. The Hall–Kier alpha value is -2.88. The van der Waals surface area contributed by atoms with Crippen molar-refractivity contribution in [2.75, 3.05) is 0 Å². The normalized spacial score (nSPS) is 10.8. The van der Waals surface area contributed by atoms with Crippen molar-refractivity contribution in [2.24, 2.45) is 0 Å². The van der Waals surface area contributed by atoms with E-state index in [2.05, 4.69) is 0 Å². The third-order valence-corrected chi connectivity index (χ3v) is 3.29. The number of carbonyl (C=O) groups is 2. The Morgan fingerprint density at radius 1 is 0.600 bits per heavy atom. The fourth-order valence-electron chi connectivity index (χ4n) is 2.26. The van der Waals surface area contributed by atoms with Gasteiger partial charge in [-0.05, 0) is 57.9 Å². The molecule has 0 spiro atoms. The number of carboxylic acids is 2. The van der Waals surface area contributed by atoms with Gasteiger partial charge in [-0.15, -0.1) is 0 Å². The van der Waals surface area contributed by atoms with Crippen molar-refractivity contribution >= 4 is 33.5 Å². The molecule has 20 heavy (non-hydrogen) atoms. The lowest BCUT2D eigenvalue weighted by Gasteiger charge is -2.04. The minimum atomic E-state index is -0.980. The lowest BCUT2D eigenvalue weighted by molar-refractivity contribution is 0.0686. The van der Waals surface area contributed by atoms with Crippen LogP contribution >= 0.6 is 0 Å². The Balaban J connectivity index is 2.29. The van der Waals surface area contributed by atoms with Crippen LogP contribution in [0.25, 0.3) is 21.5 Å². The van der Waals surface area contributed by atoms with Crippen molar-refractivity contribution in [1.29, 1.82) is 0 Å². The number of benzene rings is 3. The molecule has 0 saturated heterocycles. The van der Waals surface area contributed by atoms with E-state index in [4.69, 9.17) is 10.2 Å². The molecule has 0 bridgehead atoms. The van der Waals surface area contributed by atoms with Crippen LogP contribution in [0.3, 0.4) is 0 Å². The maximum Gasteiger partial charge on any atom is 0.335 e. The summed E-state index contributed by atoms with van der Waals surface area (Å²) in [6.07, 6.45) is 0. The van der Waals surface area contributed by atoms with Crippen LogP contribution in [0.15, 0.2) is 48.5 Å². The number of hydrogen-bond donors (Lipinski definition) is 2. The second kappa shape index (κ2) is 4.35. The van der Waals surface area contributed by atoms with Crippen LogP contribution in [-0.2, 0) is 0 Å². The van der Waals surface area contributed by atoms with Gasteiger partial charge < -0.3 is 10.2 Å². The van der Waals surface area contributed by atoms with Crippen molar-refractivity contribution < 1.29 is 19.8 Å². The summed E-state index contributed by atoms with van der Waals surface area (Å²) in [6, 6.07) is 13.5. The van der Waals surface area contributed by atoms with Gasteiger partial charge in [0.2, 0.25) is 0 Å². The summed E-state index contributed by atoms with van der Waals surface area (Å²) < 4.78 is 0. The van der Waals surface area contributed by atoms with E-state index in [1.165, 1.54) is 0 Å². The Morgan fingerprint density at radius 3 is 1.40 bits per heavy atom. The molecule has 0 aliphatic heterocycles. The van der Waals surface area contributed by atoms with E-state index in [-0.39, 0.29) is 11.1 Å². The standard InChI is InChI=1S/C16H10O4/c17-15(18)11-3-1-9-5-10-2-4-12(16(19)20)7-14(10)8-13(9)6-11/h1-8H,(H,17,18)(H,19,20). The Morgan fingerprint density at radius 2 is 1.00 bits per heavy atom. The van der Waals surface area contributed by atoms with E-state index in [0.717, 1.165) is 21.5 Å². The predicted molar refractivity (Wildman–Crippen MR) is 75.4 cm³/mol. The molecule has 0 unspecified atom stereocenters. The van der Waals surface area contributed by atoms with Gasteiger partial charge in [0.15, 0.2) is 0 Å². The molecule has 0 aliphatic carbocycles. The molecular formula is C16H10O4. The van der Waals surface area contributed by atoms with Gasteiger partial charge in [-0.1, -0.05) is 12.1 Å². The summed E-state index contributed by atoms with van der Waals surface area (Å²) in [4.78, 5) is 21.9. The minimum Gasteiger partial charge on any atom is -0.478 e. The molecule has 0 atom stereocenters. The van der Waals surface area contributed by atoms with Crippen molar-refractivity contribution in [2.45, 2.75) is 0 Å². The average molecular weight is 266 g/mol. The van der Waals surface area contributed by atoms with Crippen molar-refractivity contribution in [3.63, 3.8) is 0 Å². The minimum absolute atomic E-state index is 0.214. The molecule has 3 aromatic carbocycles. The third-order valence-electron chi connectivity index (χ3n) is 3.29. The van der Waals surface area contributed by atoms with E-state index >= 15 is 0 Å². The summed E-state index contributed by atoms with van der Waals surface area (Å²) in [5.74, 6) is -1.96. The summed E-state index contributed by atoms with van der Waals surface area (Å²) in [5.41, 5.74) is 0.428. The van der Waals surface area contributed by atoms with Crippen LogP contribution in [-0.4, -0.2) is 22.2 Å². The molecule has 3 aromatic rings. The molecule has 4 nitrogen and oxygen atoms in total. The first-order chi connectivity index (χ1) is 9.54. The van der Waals surface area contributed by atoms with Gasteiger partial charge in [0.25, 0.3) is 0 Å². The first-order valence-electron chi connectivity index (χ1n) is 5.99. The highest BCUT2D eigenvalue weighted by Gasteiger charge is 2.07. The summed E-state index contributed by atoms with van der Waals surface area (Å²) in [7, 11) is 0. The third kappa shape index (κ3) is 1.97. The molecule has 0 aliphatic rings. The number of fused-ring (bicyclic) bond motifs is 2. The van der Waals surface area contributed by atoms with Crippen LogP contribution in [0.5, 0.6) is 0 Å². The Bertz CT molecular complexity index is 796. The molecule has 4 heteroatoms. The topological polar surface area (TPSA) is 74.6 Å². The summed E-state index contributed by atoms with van der Waals surface area (Å²) >= 11 is 0. The molecule has 0 heterocycles. The van der Waals surface area contributed by atoms with Crippen LogP contribution in [0.1, 0.15) is 20.7 Å². The Labute approximate surface area is 113 Å². The van der Waals surface area contributed by atoms with Gasteiger partial charge in [-0.25, -0.2) is 9.59 Å². The average Bonchev–Trinajstić information content (AvgIpc) is 2.43. The molecule has 2 N–H and O–H groups in total. The quantitative estimate of drug-likeness (QED) is 0.697. The van der Waals surface area contributed by atoms with Crippen LogP contribution < -0.4 is 0 Å². The highest BCUT2D eigenvalue weighted by atomic mass is 16.4. The van der Waals surface area contributed by atoms with Gasteiger partial charge >= 0.3 is 11.9 Å². The molecule has 0 saturated carbocycles. The molecule has 0 fully saturated rings. The largest absolute Gasteiger partial charge is 0.478 e.